The van der Waals surface area contributed by atoms with Crippen LogP contribution in [-0.4, -0.2) is 56.4 Å². The van der Waals surface area contributed by atoms with Crippen molar-refractivity contribution < 1.29 is 13.2 Å². The number of anilines is 1. The van der Waals surface area contributed by atoms with Gasteiger partial charge in [-0.05, 0) is 18.2 Å². The van der Waals surface area contributed by atoms with Crippen molar-refractivity contribution >= 4 is 61.3 Å². The normalized spacial score (nSPS) is 15.5. The highest BCUT2D eigenvalue weighted by Gasteiger charge is 2.20. The van der Waals surface area contributed by atoms with Crippen molar-refractivity contribution in [3.8, 4) is 0 Å². The van der Waals surface area contributed by atoms with Gasteiger partial charge in [-0.2, -0.15) is 0 Å². The molecule has 0 saturated carbocycles. The number of sulfone groups is 1. The molecular formula is C14H15Cl2N3O3S3. The predicted molar refractivity (Wildman–Crippen MR) is 102 cm³/mol. The zero-order valence-corrected chi connectivity index (χ0v) is 17.0. The molecule has 11 heteroatoms. The first-order valence-electron chi connectivity index (χ1n) is 7.42. The van der Waals surface area contributed by atoms with Gasteiger partial charge < -0.3 is 9.64 Å². The van der Waals surface area contributed by atoms with E-state index in [1.54, 1.807) is 6.07 Å². The second-order valence-corrected chi connectivity index (χ2v) is 10.4. The van der Waals surface area contributed by atoms with Crippen LogP contribution in [0.1, 0.15) is 0 Å². The Labute approximate surface area is 164 Å². The van der Waals surface area contributed by atoms with E-state index in [1.807, 2.05) is 0 Å². The number of halogens is 2. The van der Waals surface area contributed by atoms with Crippen LogP contribution in [0.3, 0.4) is 0 Å². The maximum absolute atomic E-state index is 12.4. The highest BCUT2D eigenvalue weighted by atomic mass is 35.5. The number of aromatic nitrogens is 2. The number of hydrogen-bond donors (Lipinski definition) is 0. The Kier molecular flexibility index (Phi) is 6.45. The summed E-state index contributed by atoms with van der Waals surface area (Å²) in [7, 11) is -3.50. The van der Waals surface area contributed by atoms with Crippen LogP contribution < -0.4 is 4.90 Å². The number of thioether (sulfide) groups is 1. The number of nitrogens with zero attached hydrogens (tertiary/aromatic N) is 3. The minimum absolute atomic E-state index is 0.0514. The minimum atomic E-state index is -3.50. The number of ether oxygens (including phenoxy) is 1. The van der Waals surface area contributed by atoms with Crippen LogP contribution in [0.5, 0.6) is 0 Å². The lowest BCUT2D eigenvalue weighted by Gasteiger charge is -2.25. The van der Waals surface area contributed by atoms with Gasteiger partial charge in [0, 0.05) is 23.9 Å². The summed E-state index contributed by atoms with van der Waals surface area (Å²) in [6, 6.07) is 4.43. The van der Waals surface area contributed by atoms with Crippen molar-refractivity contribution in [3.63, 3.8) is 0 Å². The molecule has 0 spiro atoms. The molecule has 0 unspecified atom stereocenters. The Morgan fingerprint density at radius 3 is 2.76 bits per heavy atom. The predicted octanol–water partition coefficient (Wildman–Crippen LogP) is 3.25. The van der Waals surface area contributed by atoms with Crippen molar-refractivity contribution in [3.05, 3.63) is 28.2 Å². The molecule has 0 radical (unpaired) electrons. The Bertz CT molecular complexity index is 839. The average Bonchev–Trinajstić information content (AvgIpc) is 3.06. The van der Waals surface area contributed by atoms with E-state index >= 15 is 0 Å². The summed E-state index contributed by atoms with van der Waals surface area (Å²) in [4.78, 5) is 2.18. The minimum Gasteiger partial charge on any atom is -0.378 e. The van der Waals surface area contributed by atoms with Gasteiger partial charge in [0.2, 0.25) is 5.13 Å². The second kappa shape index (κ2) is 8.41. The molecule has 0 N–H and O–H groups in total. The fourth-order valence-electron chi connectivity index (χ4n) is 2.21. The molecule has 2 aromatic rings. The molecule has 25 heavy (non-hydrogen) atoms. The molecule has 0 aliphatic carbocycles. The fraction of sp³-hybridized carbons (Fsp3) is 0.429. The van der Waals surface area contributed by atoms with Crippen LogP contribution in [0.4, 0.5) is 5.13 Å². The molecule has 3 rings (SSSR count). The molecule has 0 amide bonds. The maximum atomic E-state index is 12.4. The van der Waals surface area contributed by atoms with Gasteiger partial charge in [0.15, 0.2) is 14.2 Å². The second-order valence-electron chi connectivity index (χ2n) is 5.19. The number of rotatable bonds is 6. The number of benzene rings is 1. The van der Waals surface area contributed by atoms with E-state index in [1.165, 1.54) is 35.2 Å². The Morgan fingerprint density at radius 2 is 2.00 bits per heavy atom. The zero-order chi connectivity index (χ0) is 17.9. The fourth-order valence-corrected chi connectivity index (χ4v) is 6.63. The molecule has 136 valence electrons. The molecule has 0 bridgehead atoms. The molecule has 1 fully saturated rings. The third kappa shape index (κ3) is 4.99. The summed E-state index contributed by atoms with van der Waals surface area (Å²) in [5.41, 5.74) is 0. The summed E-state index contributed by atoms with van der Waals surface area (Å²) >= 11 is 14.7. The maximum Gasteiger partial charge on any atom is 0.209 e. The van der Waals surface area contributed by atoms with E-state index in [4.69, 9.17) is 27.9 Å². The standard InChI is InChI=1S/C14H15Cl2N3O3S3/c15-10-1-2-11(16)12(9-10)25(20,21)8-7-23-14-18-17-13(24-14)19-3-5-22-6-4-19/h1-2,9H,3-8H2. The molecule has 1 aromatic carbocycles. The number of morpholine rings is 1. The molecule has 1 aliphatic rings. The van der Waals surface area contributed by atoms with E-state index in [-0.39, 0.29) is 15.7 Å². The largest absolute Gasteiger partial charge is 0.378 e. The molecule has 1 aromatic heterocycles. The van der Waals surface area contributed by atoms with Crippen LogP contribution in [0, 0.1) is 0 Å². The topological polar surface area (TPSA) is 72.4 Å². The number of hydrogen-bond acceptors (Lipinski definition) is 8. The molecule has 2 heterocycles. The molecule has 1 aliphatic heterocycles. The van der Waals surface area contributed by atoms with Crippen LogP contribution in [0.2, 0.25) is 10.0 Å². The molecule has 0 atom stereocenters. The van der Waals surface area contributed by atoms with Crippen LogP contribution in [-0.2, 0) is 14.6 Å². The molecule has 1 saturated heterocycles. The van der Waals surface area contributed by atoms with Crippen LogP contribution in [0.15, 0.2) is 27.4 Å². The van der Waals surface area contributed by atoms with Gasteiger partial charge in [-0.3, -0.25) is 0 Å². The summed E-state index contributed by atoms with van der Waals surface area (Å²) < 4.78 is 30.9. The Morgan fingerprint density at radius 1 is 1.24 bits per heavy atom. The van der Waals surface area contributed by atoms with E-state index in [0.717, 1.165) is 22.6 Å². The van der Waals surface area contributed by atoms with Crippen molar-refractivity contribution in [2.75, 3.05) is 42.7 Å². The Hall–Kier alpha value is -0.580. The van der Waals surface area contributed by atoms with E-state index in [9.17, 15) is 8.42 Å². The van der Waals surface area contributed by atoms with Gasteiger partial charge >= 0.3 is 0 Å². The van der Waals surface area contributed by atoms with Gasteiger partial charge in [0.25, 0.3) is 0 Å². The van der Waals surface area contributed by atoms with Crippen LogP contribution in [0.25, 0.3) is 0 Å². The first kappa shape index (κ1) is 19.2. The highest BCUT2D eigenvalue weighted by Crippen LogP contribution is 2.30. The van der Waals surface area contributed by atoms with E-state index < -0.39 is 9.84 Å². The molecule has 6 nitrogen and oxygen atoms in total. The average molecular weight is 440 g/mol. The van der Waals surface area contributed by atoms with Crippen molar-refractivity contribution in [1.29, 1.82) is 0 Å². The summed E-state index contributed by atoms with van der Waals surface area (Å²) in [6.45, 7) is 2.95. The quantitative estimate of drug-likeness (QED) is 0.639. The molecular weight excluding hydrogens is 425 g/mol. The summed E-state index contributed by atoms with van der Waals surface area (Å²) in [5, 5.41) is 9.65. The first-order valence-corrected chi connectivity index (χ1v) is 11.6. The third-order valence-corrected chi connectivity index (χ3v) is 8.29. The Balaban J connectivity index is 1.59. The lowest BCUT2D eigenvalue weighted by molar-refractivity contribution is 0.122. The summed E-state index contributed by atoms with van der Waals surface area (Å²) in [6.07, 6.45) is 0. The van der Waals surface area contributed by atoms with Gasteiger partial charge in [0.05, 0.1) is 28.9 Å². The van der Waals surface area contributed by atoms with Crippen LogP contribution >= 0.6 is 46.3 Å². The van der Waals surface area contributed by atoms with Gasteiger partial charge in [0.1, 0.15) is 0 Å². The highest BCUT2D eigenvalue weighted by molar-refractivity contribution is 8.02. The van der Waals surface area contributed by atoms with Crippen molar-refractivity contribution in [2.24, 2.45) is 0 Å². The smallest absolute Gasteiger partial charge is 0.209 e. The van der Waals surface area contributed by atoms with Gasteiger partial charge in [-0.15, -0.1) is 10.2 Å². The lowest BCUT2D eigenvalue weighted by atomic mass is 10.4. The van der Waals surface area contributed by atoms with Gasteiger partial charge in [-0.1, -0.05) is 46.3 Å². The summed E-state index contributed by atoms with van der Waals surface area (Å²) in [5.74, 6) is 0.313. The SMILES string of the molecule is O=S(=O)(CCSc1nnc(N2CCOCC2)s1)c1cc(Cl)ccc1Cl. The van der Waals surface area contributed by atoms with Crippen molar-refractivity contribution in [2.45, 2.75) is 9.24 Å². The monoisotopic (exact) mass is 439 g/mol. The van der Waals surface area contributed by atoms with E-state index in [2.05, 4.69) is 15.1 Å². The lowest BCUT2D eigenvalue weighted by Crippen LogP contribution is -2.36. The zero-order valence-electron chi connectivity index (χ0n) is 13.0. The van der Waals surface area contributed by atoms with Crippen molar-refractivity contribution in [1.82, 2.24) is 10.2 Å². The van der Waals surface area contributed by atoms with Gasteiger partial charge in [-0.25, -0.2) is 8.42 Å². The third-order valence-electron chi connectivity index (χ3n) is 3.48. The van der Waals surface area contributed by atoms with E-state index in [0.29, 0.717) is 24.0 Å². The first-order chi connectivity index (χ1) is 12.0.